The highest BCUT2D eigenvalue weighted by atomic mass is 32.2. The van der Waals surface area contributed by atoms with Gasteiger partial charge in [0.15, 0.2) is 0 Å². The molecule has 0 aliphatic heterocycles. The monoisotopic (exact) mass is 230 g/mol. The first-order chi connectivity index (χ1) is 7.78. The van der Waals surface area contributed by atoms with Crippen molar-refractivity contribution in [2.24, 2.45) is 0 Å². The van der Waals surface area contributed by atoms with E-state index in [4.69, 9.17) is 9.68 Å². The second-order valence-electron chi connectivity index (χ2n) is 3.36. The first-order valence-corrected chi connectivity index (χ1v) is 5.80. The molecule has 0 N–H and O–H groups in total. The number of nitriles is 1. The van der Waals surface area contributed by atoms with Crippen LogP contribution in [0.5, 0.6) is 0 Å². The van der Waals surface area contributed by atoms with E-state index in [2.05, 4.69) is 11.1 Å². The fourth-order valence-corrected chi connectivity index (χ4v) is 2.07. The SMILES string of the molecule is Cc1coc(SCc2cccc(C#N)c2)n1. The number of aryl methyl sites for hydroxylation is 1. The van der Waals surface area contributed by atoms with Crippen LogP contribution in [-0.4, -0.2) is 4.98 Å². The summed E-state index contributed by atoms with van der Waals surface area (Å²) in [6.45, 7) is 1.89. The number of oxazole rings is 1. The average molecular weight is 230 g/mol. The Kier molecular flexibility index (Phi) is 3.28. The van der Waals surface area contributed by atoms with Gasteiger partial charge >= 0.3 is 0 Å². The van der Waals surface area contributed by atoms with Crippen molar-refractivity contribution in [2.75, 3.05) is 0 Å². The fourth-order valence-electron chi connectivity index (χ4n) is 1.27. The average Bonchev–Trinajstić information content (AvgIpc) is 2.73. The number of rotatable bonds is 3. The minimum Gasteiger partial charge on any atom is -0.440 e. The van der Waals surface area contributed by atoms with Crippen molar-refractivity contribution in [3.8, 4) is 6.07 Å². The highest BCUT2D eigenvalue weighted by Crippen LogP contribution is 2.22. The van der Waals surface area contributed by atoms with E-state index in [0.717, 1.165) is 17.0 Å². The van der Waals surface area contributed by atoms with E-state index < -0.39 is 0 Å². The van der Waals surface area contributed by atoms with Crippen LogP contribution in [0.2, 0.25) is 0 Å². The van der Waals surface area contributed by atoms with Gasteiger partial charge < -0.3 is 4.42 Å². The highest BCUT2D eigenvalue weighted by Gasteiger charge is 2.02. The molecular formula is C12H10N2OS. The molecule has 0 aliphatic carbocycles. The smallest absolute Gasteiger partial charge is 0.256 e. The fraction of sp³-hybridized carbons (Fsp3) is 0.167. The summed E-state index contributed by atoms with van der Waals surface area (Å²) in [5, 5.41) is 9.43. The van der Waals surface area contributed by atoms with Crippen molar-refractivity contribution in [2.45, 2.75) is 17.9 Å². The lowest BCUT2D eigenvalue weighted by atomic mass is 10.2. The zero-order valence-corrected chi connectivity index (χ0v) is 9.62. The van der Waals surface area contributed by atoms with Crippen LogP contribution in [0.3, 0.4) is 0 Å². The van der Waals surface area contributed by atoms with Crippen LogP contribution >= 0.6 is 11.8 Å². The summed E-state index contributed by atoms with van der Waals surface area (Å²) >= 11 is 1.53. The molecule has 3 nitrogen and oxygen atoms in total. The minimum absolute atomic E-state index is 0.667. The molecule has 0 aliphatic rings. The van der Waals surface area contributed by atoms with E-state index in [9.17, 15) is 0 Å². The molecule has 1 aromatic heterocycles. The molecule has 0 radical (unpaired) electrons. The maximum atomic E-state index is 8.76. The normalized spacial score (nSPS) is 10.0. The van der Waals surface area contributed by atoms with Gasteiger partial charge in [-0.2, -0.15) is 5.26 Å². The first-order valence-electron chi connectivity index (χ1n) is 4.82. The summed E-state index contributed by atoms with van der Waals surface area (Å²) in [5.41, 5.74) is 2.66. The molecule has 0 spiro atoms. The number of hydrogen-bond donors (Lipinski definition) is 0. The predicted molar refractivity (Wildman–Crippen MR) is 62.0 cm³/mol. The largest absolute Gasteiger partial charge is 0.440 e. The summed E-state index contributed by atoms with van der Waals surface area (Å²) in [7, 11) is 0. The Morgan fingerprint density at radius 3 is 3.06 bits per heavy atom. The third-order valence-electron chi connectivity index (χ3n) is 2.02. The summed E-state index contributed by atoms with van der Waals surface area (Å²) in [6, 6.07) is 9.67. The summed E-state index contributed by atoms with van der Waals surface area (Å²) in [6.07, 6.45) is 1.63. The van der Waals surface area contributed by atoms with Crippen LogP contribution in [0, 0.1) is 18.3 Å². The van der Waals surface area contributed by atoms with Gasteiger partial charge in [0.25, 0.3) is 5.22 Å². The van der Waals surface area contributed by atoms with Crippen LogP contribution in [0.4, 0.5) is 0 Å². The predicted octanol–water partition coefficient (Wildman–Crippen LogP) is 3.15. The number of aromatic nitrogens is 1. The van der Waals surface area contributed by atoms with E-state index in [0.29, 0.717) is 10.8 Å². The van der Waals surface area contributed by atoms with Crippen molar-refractivity contribution in [1.29, 1.82) is 5.26 Å². The van der Waals surface area contributed by atoms with Crippen molar-refractivity contribution in [3.63, 3.8) is 0 Å². The number of thioether (sulfide) groups is 1. The van der Waals surface area contributed by atoms with E-state index in [-0.39, 0.29) is 0 Å². The lowest BCUT2D eigenvalue weighted by Crippen LogP contribution is -1.82. The number of nitrogens with zero attached hydrogens (tertiary/aromatic N) is 2. The summed E-state index contributed by atoms with van der Waals surface area (Å²) < 4.78 is 5.23. The first kappa shape index (κ1) is 10.8. The topological polar surface area (TPSA) is 49.8 Å². The van der Waals surface area contributed by atoms with E-state index in [1.54, 1.807) is 12.3 Å². The Balaban J connectivity index is 2.02. The standard InChI is InChI=1S/C12H10N2OS/c1-9-7-15-12(14-9)16-8-11-4-2-3-10(5-11)6-13/h2-5,7H,8H2,1H3. The lowest BCUT2D eigenvalue weighted by molar-refractivity contribution is 0.454. The van der Waals surface area contributed by atoms with Crippen molar-refractivity contribution in [3.05, 3.63) is 47.3 Å². The van der Waals surface area contributed by atoms with Gasteiger partial charge in [-0.3, -0.25) is 0 Å². The van der Waals surface area contributed by atoms with Crippen molar-refractivity contribution >= 4 is 11.8 Å². The van der Waals surface area contributed by atoms with E-state index in [1.807, 2.05) is 25.1 Å². The van der Waals surface area contributed by atoms with E-state index >= 15 is 0 Å². The second-order valence-corrected chi connectivity index (χ2v) is 4.28. The van der Waals surface area contributed by atoms with Crippen molar-refractivity contribution < 1.29 is 4.42 Å². The van der Waals surface area contributed by atoms with Crippen LogP contribution < -0.4 is 0 Å². The van der Waals surface area contributed by atoms with Gasteiger partial charge in [0.1, 0.15) is 6.26 Å². The van der Waals surface area contributed by atoms with Gasteiger partial charge in [0, 0.05) is 5.75 Å². The number of hydrogen-bond acceptors (Lipinski definition) is 4. The Morgan fingerprint density at radius 1 is 1.50 bits per heavy atom. The van der Waals surface area contributed by atoms with Gasteiger partial charge in [0.05, 0.1) is 17.3 Å². The molecular weight excluding hydrogens is 220 g/mol. The Hall–Kier alpha value is -1.73. The molecule has 0 fully saturated rings. The Labute approximate surface area is 98.1 Å². The molecule has 1 aromatic carbocycles. The van der Waals surface area contributed by atoms with Gasteiger partial charge in [-0.1, -0.05) is 23.9 Å². The van der Waals surface area contributed by atoms with Crippen LogP contribution in [0.15, 0.2) is 40.2 Å². The Bertz CT molecular complexity index is 528. The molecule has 0 unspecified atom stereocenters. The molecule has 0 atom stereocenters. The zero-order chi connectivity index (χ0) is 11.4. The van der Waals surface area contributed by atoms with Gasteiger partial charge in [-0.25, -0.2) is 4.98 Å². The van der Waals surface area contributed by atoms with Crippen LogP contribution in [0.1, 0.15) is 16.8 Å². The van der Waals surface area contributed by atoms with E-state index in [1.165, 1.54) is 11.8 Å². The van der Waals surface area contributed by atoms with Gasteiger partial charge in [-0.15, -0.1) is 0 Å². The Morgan fingerprint density at radius 2 is 2.38 bits per heavy atom. The molecule has 16 heavy (non-hydrogen) atoms. The molecule has 80 valence electrons. The summed E-state index contributed by atoms with van der Waals surface area (Å²) in [5.74, 6) is 0.759. The highest BCUT2D eigenvalue weighted by molar-refractivity contribution is 7.98. The third kappa shape index (κ3) is 2.65. The number of benzene rings is 1. The maximum Gasteiger partial charge on any atom is 0.256 e. The third-order valence-corrected chi connectivity index (χ3v) is 2.93. The molecule has 4 heteroatoms. The molecule has 1 heterocycles. The van der Waals surface area contributed by atoms with Crippen molar-refractivity contribution in [1.82, 2.24) is 4.98 Å². The molecule has 2 aromatic rings. The van der Waals surface area contributed by atoms with Crippen LogP contribution in [0.25, 0.3) is 0 Å². The van der Waals surface area contributed by atoms with Crippen LogP contribution in [-0.2, 0) is 5.75 Å². The second kappa shape index (κ2) is 4.86. The molecule has 0 saturated carbocycles. The zero-order valence-electron chi connectivity index (χ0n) is 8.80. The summed E-state index contributed by atoms with van der Waals surface area (Å²) in [4.78, 5) is 4.20. The van der Waals surface area contributed by atoms with Gasteiger partial charge in [0.2, 0.25) is 0 Å². The molecule has 0 amide bonds. The molecule has 0 bridgehead atoms. The quantitative estimate of drug-likeness (QED) is 0.760. The molecule has 2 rings (SSSR count). The van der Waals surface area contributed by atoms with Gasteiger partial charge in [-0.05, 0) is 24.6 Å². The maximum absolute atomic E-state index is 8.76. The molecule has 0 saturated heterocycles. The minimum atomic E-state index is 0.667. The lowest BCUT2D eigenvalue weighted by Gasteiger charge is -1.98.